The molecule has 3 rings (SSSR count). The van der Waals surface area contributed by atoms with Crippen molar-refractivity contribution in [3.63, 3.8) is 0 Å². The fraction of sp³-hybridized carbons (Fsp3) is 0.692. The number of nitrogen functional groups attached to an aromatic ring is 1. The molecule has 1 aromatic heterocycles. The van der Waals surface area contributed by atoms with E-state index in [9.17, 15) is 9.90 Å². The summed E-state index contributed by atoms with van der Waals surface area (Å²) in [6, 6.07) is 1.83. The summed E-state index contributed by atoms with van der Waals surface area (Å²) in [5.41, 5.74) is 5.27. The van der Waals surface area contributed by atoms with Crippen molar-refractivity contribution >= 4 is 5.82 Å². The zero-order valence-corrected chi connectivity index (χ0v) is 10.4. The van der Waals surface area contributed by atoms with Crippen molar-refractivity contribution in [2.75, 3.05) is 5.73 Å². The van der Waals surface area contributed by atoms with Crippen LogP contribution in [0.3, 0.4) is 0 Å². The van der Waals surface area contributed by atoms with Crippen LogP contribution in [-0.4, -0.2) is 20.8 Å². The molecule has 0 bridgehead atoms. The number of rotatable bonds is 1. The second kappa shape index (κ2) is 4.09. The maximum absolute atomic E-state index is 11.8. The number of aromatic nitrogens is 2. The Morgan fingerprint density at radius 2 is 2.28 bits per heavy atom. The number of hydrogen-bond donors (Lipinski definition) is 2. The lowest BCUT2D eigenvalue weighted by atomic mass is 9.82. The highest BCUT2D eigenvalue weighted by molar-refractivity contribution is 5.23. The summed E-state index contributed by atoms with van der Waals surface area (Å²) in [4.78, 5) is 15.6. The first-order valence-electron chi connectivity index (χ1n) is 6.63. The number of aliphatic hydroxyl groups is 1. The van der Waals surface area contributed by atoms with Crippen molar-refractivity contribution in [2.45, 2.75) is 50.7 Å². The molecule has 0 radical (unpaired) electrons. The van der Waals surface area contributed by atoms with Crippen molar-refractivity contribution in [3.05, 3.63) is 22.7 Å². The van der Waals surface area contributed by atoms with Gasteiger partial charge >= 0.3 is 5.69 Å². The standard InChI is InChI=1S/C13H19N3O2/c14-11-4-7-16(12(18)15-11)9-3-6-13(8-9)5-1-2-10(13)17/h4,7,9-10,17H,1-3,5-6,8H2,(H2,14,15,18)/t9-,10-,13+/m0/s1. The van der Waals surface area contributed by atoms with Gasteiger partial charge in [0.05, 0.1) is 6.10 Å². The molecular formula is C13H19N3O2. The van der Waals surface area contributed by atoms with E-state index in [4.69, 9.17) is 5.73 Å². The lowest BCUT2D eigenvalue weighted by Crippen LogP contribution is -2.30. The third-order valence-electron chi connectivity index (χ3n) is 4.72. The molecule has 3 N–H and O–H groups in total. The van der Waals surface area contributed by atoms with Crippen LogP contribution in [0.25, 0.3) is 0 Å². The fourth-order valence-electron chi connectivity index (χ4n) is 3.72. The summed E-state index contributed by atoms with van der Waals surface area (Å²) in [5, 5.41) is 10.1. The molecule has 0 unspecified atom stereocenters. The summed E-state index contributed by atoms with van der Waals surface area (Å²) < 4.78 is 1.68. The van der Waals surface area contributed by atoms with Crippen molar-refractivity contribution in [2.24, 2.45) is 5.41 Å². The van der Waals surface area contributed by atoms with Crippen LogP contribution >= 0.6 is 0 Å². The summed E-state index contributed by atoms with van der Waals surface area (Å²) in [6.07, 6.45) is 7.47. The van der Waals surface area contributed by atoms with Gasteiger partial charge in [-0.25, -0.2) is 4.79 Å². The molecule has 0 aromatic carbocycles. The summed E-state index contributed by atoms with van der Waals surface area (Å²) in [6.45, 7) is 0. The predicted molar refractivity (Wildman–Crippen MR) is 68.1 cm³/mol. The van der Waals surface area contributed by atoms with Crippen molar-refractivity contribution in [3.8, 4) is 0 Å². The van der Waals surface area contributed by atoms with Gasteiger partial charge in [-0.2, -0.15) is 4.98 Å². The minimum Gasteiger partial charge on any atom is -0.393 e. The summed E-state index contributed by atoms with van der Waals surface area (Å²) >= 11 is 0. The van der Waals surface area contributed by atoms with Crippen LogP contribution in [0.2, 0.25) is 0 Å². The van der Waals surface area contributed by atoms with Gasteiger partial charge in [0.15, 0.2) is 0 Å². The molecule has 98 valence electrons. The maximum Gasteiger partial charge on any atom is 0.349 e. The zero-order valence-electron chi connectivity index (χ0n) is 10.4. The molecule has 0 aliphatic heterocycles. The molecule has 0 saturated heterocycles. The summed E-state index contributed by atoms with van der Waals surface area (Å²) in [7, 11) is 0. The highest BCUT2D eigenvalue weighted by Gasteiger charge is 2.47. The van der Waals surface area contributed by atoms with Gasteiger partial charge in [0.25, 0.3) is 0 Å². The number of hydrogen-bond acceptors (Lipinski definition) is 4. The van der Waals surface area contributed by atoms with Crippen LogP contribution in [0.1, 0.15) is 44.6 Å². The Labute approximate surface area is 106 Å². The van der Waals surface area contributed by atoms with E-state index >= 15 is 0 Å². The van der Waals surface area contributed by atoms with Crippen LogP contribution < -0.4 is 11.4 Å². The molecule has 1 spiro atoms. The van der Waals surface area contributed by atoms with E-state index in [2.05, 4.69) is 4.98 Å². The molecule has 2 aliphatic carbocycles. The lowest BCUT2D eigenvalue weighted by molar-refractivity contribution is 0.0547. The van der Waals surface area contributed by atoms with Crippen molar-refractivity contribution < 1.29 is 5.11 Å². The molecule has 2 aliphatic rings. The predicted octanol–water partition coefficient (Wildman–Crippen LogP) is 1.08. The molecule has 1 heterocycles. The highest BCUT2D eigenvalue weighted by Crippen LogP contribution is 2.53. The van der Waals surface area contributed by atoms with E-state index in [1.807, 2.05) is 0 Å². The third kappa shape index (κ3) is 1.73. The van der Waals surface area contributed by atoms with Gasteiger partial charge in [0, 0.05) is 12.2 Å². The Bertz CT molecular complexity index is 513. The molecule has 2 saturated carbocycles. The Hall–Kier alpha value is -1.36. The first-order valence-corrected chi connectivity index (χ1v) is 6.63. The van der Waals surface area contributed by atoms with Crippen LogP contribution in [0.15, 0.2) is 17.1 Å². The molecule has 2 fully saturated rings. The zero-order chi connectivity index (χ0) is 12.8. The van der Waals surface area contributed by atoms with Gasteiger partial charge < -0.3 is 10.8 Å². The topological polar surface area (TPSA) is 81.1 Å². The van der Waals surface area contributed by atoms with Crippen LogP contribution in [0.5, 0.6) is 0 Å². The monoisotopic (exact) mass is 249 g/mol. The molecule has 0 amide bonds. The summed E-state index contributed by atoms with van der Waals surface area (Å²) in [5.74, 6) is 0.268. The van der Waals surface area contributed by atoms with Crippen molar-refractivity contribution in [1.29, 1.82) is 0 Å². The second-order valence-corrected chi connectivity index (χ2v) is 5.71. The molecule has 1 aromatic rings. The van der Waals surface area contributed by atoms with Gasteiger partial charge in [-0.3, -0.25) is 4.57 Å². The first-order chi connectivity index (χ1) is 8.61. The minimum atomic E-state index is -0.274. The Morgan fingerprint density at radius 3 is 2.94 bits per heavy atom. The van der Waals surface area contributed by atoms with Crippen LogP contribution in [0.4, 0.5) is 5.82 Å². The Balaban J connectivity index is 1.85. The van der Waals surface area contributed by atoms with Gasteiger partial charge in [-0.15, -0.1) is 0 Å². The SMILES string of the molecule is Nc1ccn([C@H]2CC[C@]3(CCC[C@@H]3O)C2)c(=O)n1. The van der Waals surface area contributed by atoms with Crippen LogP contribution in [-0.2, 0) is 0 Å². The quantitative estimate of drug-likeness (QED) is 0.780. The molecule has 5 nitrogen and oxygen atoms in total. The largest absolute Gasteiger partial charge is 0.393 e. The Morgan fingerprint density at radius 1 is 1.44 bits per heavy atom. The second-order valence-electron chi connectivity index (χ2n) is 5.71. The van der Waals surface area contributed by atoms with E-state index in [1.54, 1.807) is 16.8 Å². The van der Waals surface area contributed by atoms with Gasteiger partial charge in [-0.1, -0.05) is 6.42 Å². The number of anilines is 1. The van der Waals surface area contributed by atoms with E-state index in [0.717, 1.165) is 38.5 Å². The Kier molecular flexibility index (Phi) is 2.66. The number of aliphatic hydroxyl groups excluding tert-OH is 1. The average molecular weight is 249 g/mol. The van der Waals surface area contributed by atoms with Gasteiger partial charge in [-0.05, 0) is 43.6 Å². The number of nitrogens with zero attached hydrogens (tertiary/aromatic N) is 2. The average Bonchev–Trinajstić information content (AvgIpc) is 2.89. The van der Waals surface area contributed by atoms with Crippen molar-refractivity contribution in [1.82, 2.24) is 9.55 Å². The first kappa shape index (κ1) is 11.7. The maximum atomic E-state index is 11.8. The highest BCUT2D eigenvalue weighted by atomic mass is 16.3. The van der Waals surface area contributed by atoms with E-state index in [0.29, 0.717) is 0 Å². The molecule has 3 atom stereocenters. The van der Waals surface area contributed by atoms with E-state index < -0.39 is 0 Å². The van der Waals surface area contributed by atoms with Gasteiger partial charge in [0.1, 0.15) is 5.82 Å². The normalized spacial score (nSPS) is 35.4. The molecular weight excluding hydrogens is 230 g/mol. The smallest absolute Gasteiger partial charge is 0.349 e. The minimum absolute atomic E-state index is 0.0471. The van der Waals surface area contributed by atoms with E-state index in [-0.39, 0.29) is 29.1 Å². The molecule has 18 heavy (non-hydrogen) atoms. The van der Waals surface area contributed by atoms with Gasteiger partial charge in [0.2, 0.25) is 0 Å². The number of nitrogens with two attached hydrogens (primary N) is 1. The fourth-order valence-corrected chi connectivity index (χ4v) is 3.72. The third-order valence-corrected chi connectivity index (χ3v) is 4.72. The van der Waals surface area contributed by atoms with E-state index in [1.165, 1.54) is 0 Å². The lowest BCUT2D eigenvalue weighted by Gasteiger charge is -2.27. The van der Waals surface area contributed by atoms with Crippen LogP contribution in [0, 0.1) is 5.41 Å². The molecule has 5 heteroatoms.